The molecule has 0 aliphatic heterocycles. The van der Waals surface area contributed by atoms with E-state index in [1.165, 1.54) is 31.1 Å². The van der Waals surface area contributed by atoms with Gasteiger partial charge in [0.2, 0.25) is 0 Å². The van der Waals surface area contributed by atoms with Gasteiger partial charge >= 0.3 is 0 Å². The van der Waals surface area contributed by atoms with E-state index < -0.39 is 0 Å². The van der Waals surface area contributed by atoms with Crippen LogP contribution in [0.2, 0.25) is 0 Å². The standard InChI is InChI=1S/C14H16N2O2.C9H12/c1-9(17)13(10(2)18)8-14(16-3)11-4-6-12(15)7-5-11;1-3-9-6-4-8(2)5-7-9/h4-8H,15H2,1-3H3;4-7H,3H2,1-2H3. The number of allylic oxidation sites excluding steroid dienone is 2. The summed E-state index contributed by atoms with van der Waals surface area (Å²) in [6.45, 7) is 7.01. The first-order valence-corrected chi connectivity index (χ1v) is 8.90. The van der Waals surface area contributed by atoms with E-state index in [1.807, 2.05) is 0 Å². The van der Waals surface area contributed by atoms with Gasteiger partial charge in [0.25, 0.3) is 0 Å². The molecule has 0 aromatic heterocycles. The molecule has 2 aromatic rings. The van der Waals surface area contributed by atoms with Crippen molar-refractivity contribution in [3.8, 4) is 0 Å². The van der Waals surface area contributed by atoms with E-state index in [0.29, 0.717) is 11.4 Å². The summed E-state index contributed by atoms with van der Waals surface area (Å²) in [5.74, 6) is -0.529. The molecule has 0 aliphatic carbocycles. The van der Waals surface area contributed by atoms with Crippen molar-refractivity contribution in [3.05, 3.63) is 76.9 Å². The lowest BCUT2D eigenvalue weighted by atomic mass is 10.0. The lowest BCUT2D eigenvalue weighted by Crippen LogP contribution is -2.10. The number of benzene rings is 2. The van der Waals surface area contributed by atoms with Crippen molar-refractivity contribution in [2.75, 3.05) is 12.8 Å². The van der Waals surface area contributed by atoms with Gasteiger partial charge in [0.1, 0.15) is 0 Å². The largest absolute Gasteiger partial charge is 0.399 e. The molecule has 0 spiro atoms. The zero-order valence-corrected chi connectivity index (χ0v) is 16.7. The van der Waals surface area contributed by atoms with Crippen LogP contribution in [0, 0.1) is 6.92 Å². The van der Waals surface area contributed by atoms with Crippen molar-refractivity contribution in [2.45, 2.75) is 34.1 Å². The van der Waals surface area contributed by atoms with Crippen molar-refractivity contribution in [2.24, 2.45) is 4.99 Å². The van der Waals surface area contributed by atoms with Crippen LogP contribution in [0.25, 0.3) is 0 Å². The topological polar surface area (TPSA) is 72.5 Å². The van der Waals surface area contributed by atoms with Gasteiger partial charge < -0.3 is 5.73 Å². The minimum atomic E-state index is -0.265. The third kappa shape index (κ3) is 7.40. The van der Waals surface area contributed by atoms with Crippen molar-refractivity contribution >= 4 is 23.0 Å². The number of anilines is 1. The fourth-order valence-electron chi connectivity index (χ4n) is 2.34. The van der Waals surface area contributed by atoms with E-state index in [9.17, 15) is 9.59 Å². The maximum atomic E-state index is 11.4. The van der Waals surface area contributed by atoms with Gasteiger partial charge in [-0.05, 0) is 56.5 Å². The summed E-state index contributed by atoms with van der Waals surface area (Å²) in [4.78, 5) is 26.8. The number of aliphatic imine (C=N–C) groups is 1. The van der Waals surface area contributed by atoms with Gasteiger partial charge in [0, 0.05) is 12.7 Å². The molecule has 0 heterocycles. The zero-order valence-electron chi connectivity index (χ0n) is 16.7. The van der Waals surface area contributed by atoms with Crippen molar-refractivity contribution in [1.29, 1.82) is 0 Å². The maximum absolute atomic E-state index is 11.4. The summed E-state index contributed by atoms with van der Waals surface area (Å²) in [6, 6.07) is 15.7. The number of nitrogens with zero attached hydrogens (tertiary/aromatic N) is 1. The Morgan fingerprint density at radius 3 is 1.89 bits per heavy atom. The first-order chi connectivity index (χ1) is 12.8. The number of carbonyl (C=O) groups excluding carboxylic acids is 2. The summed E-state index contributed by atoms with van der Waals surface area (Å²) >= 11 is 0. The molecule has 4 nitrogen and oxygen atoms in total. The molecule has 2 rings (SSSR count). The van der Waals surface area contributed by atoms with E-state index in [2.05, 4.69) is 43.1 Å². The molecule has 4 heteroatoms. The normalized spacial score (nSPS) is 10.5. The van der Waals surface area contributed by atoms with E-state index in [-0.39, 0.29) is 17.1 Å². The quantitative estimate of drug-likeness (QED) is 0.282. The van der Waals surface area contributed by atoms with Crippen LogP contribution in [-0.2, 0) is 16.0 Å². The maximum Gasteiger partial charge on any atom is 0.163 e. The summed E-state index contributed by atoms with van der Waals surface area (Å²) in [6.07, 6.45) is 2.65. The number of hydrogen-bond donors (Lipinski definition) is 1. The highest BCUT2D eigenvalue weighted by Gasteiger charge is 2.11. The number of carbonyl (C=O) groups is 2. The number of Topliss-reactive ketones (excluding diaryl/α,β-unsaturated/α-hetero) is 2. The summed E-state index contributed by atoms with van der Waals surface area (Å²) < 4.78 is 0. The molecule has 2 N–H and O–H groups in total. The number of nitrogens with two attached hydrogens (primary N) is 1. The lowest BCUT2D eigenvalue weighted by Gasteiger charge is -2.04. The Hall–Kier alpha value is -3.01. The van der Waals surface area contributed by atoms with Crippen LogP contribution in [0.5, 0.6) is 0 Å². The van der Waals surface area contributed by atoms with Gasteiger partial charge in [-0.15, -0.1) is 0 Å². The minimum Gasteiger partial charge on any atom is -0.399 e. The van der Waals surface area contributed by atoms with Gasteiger partial charge in [-0.1, -0.05) is 48.9 Å². The Morgan fingerprint density at radius 2 is 1.48 bits per heavy atom. The van der Waals surface area contributed by atoms with Crippen molar-refractivity contribution < 1.29 is 9.59 Å². The lowest BCUT2D eigenvalue weighted by molar-refractivity contribution is -0.119. The average molecular weight is 364 g/mol. The third-order valence-electron chi connectivity index (χ3n) is 4.02. The number of rotatable bonds is 5. The zero-order chi connectivity index (χ0) is 20.4. The molecule has 0 fully saturated rings. The van der Waals surface area contributed by atoms with Crippen LogP contribution >= 0.6 is 0 Å². The Kier molecular flexibility index (Phi) is 8.86. The predicted molar refractivity (Wildman–Crippen MR) is 113 cm³/mol. The highest BCUT2D eigenvalue weighted by atomic mass is 16.1. The highest BCUT2D eigenvalue weighted by Crippen LogP contribution is 2.10. The fourth-order valence-corrected chi connectivity index (χ4v) is 2.34. The molecular weight excluding hydrogens is 336 g/mol. The van der Waals surface area contributed by atoms with E-state index in [4.69, 9.17) is 5.73 Å². The molecule has 0 saturated carbocycles. The first-order valence-electron chi connectivity index (χ1n) is 8.90. The first kappa shape index (κ1) is 22.0. The number of nitrogen functional groups attached to an aromatic ring is 1. The summed E-state index contributed by atoms with van der Waals surface area (Å²) in [7, 11) is 1.61. The molecule has 0 saturated heterocycles. The number of ketones is 2. The second-order valence-electron chi connectivity index (χ2n) is 6.24. The van der Waals surface area contributed by atoms with E-state index in [1.54, 1.807) is 31.3 Å². The fraction of sp³-hybridized carbons (Fsp3) is 0.261. The monoisotopic (exact) mass is 364 g/mol. The average Bonchev–Trinajstić information content (AvgIpc) is 2.64. The molecule has 0 radical (unpaired) electrons. The van der Waals surface area contributed by atoms with Gasteiger partial charge in [0.05, 0.1) is 11.3 Å². The highest BCUT2D eigenvalue weighted by molar-refractivity contribution is 6.24. The molecule has 0 amide bonds. The van der Waals surface area contributed by atoms with Crippen molar-refractivity contribution in [1.82, 2.24) is 0 Å². The predicted octanol–water partition coefficient (Wildman–Crippen LogP) is 4.35. The molecule has 2 aromatic carbocycles. The molecule has 0 unspecified atom stereocenters. The SMILES string of the molecule is CCc1ccc(C)cc1.CN=C(C=C(C(C)=O)C(C)=O)c1ccc(N)cc1. The third-order valence-corrected chi connectivity index (χ3v) is 4.02. The molecule has 142 valence electrons. The number of hydrogen-bond acceptors (Lipinski definition) is 4. The molecule has 0 atom stereocenters. The van der Waals surface area contributed by atoms with Crippen LogP contribution in [0.4, 0.5) is 5.69 Å². The van der Waals surface area contributed by atoms with Crippen LogP contribution in [0.1, 0.15) is 37.5 Å². The Labute approximate surface area is 161 Å². The molecule has 0 aliphatic rings. The van der Waals surface area contributed by atoms with Crippen molar-refractivity contribution in [3.63, 3.8) is 0 Å². The van der Waals surface area contributed by atoms with E-state index >= 15 is 0 Å². The van der Waals surface area contributed by atoms with E-state index in [0.717, 1.165) is 12.0 Å². The van der Waals surface area contributed by atoms with Crippen LogP contribution in [-0.4, -0.2) is 24.3 Å². The van der Waals surface area contributed by atoms with Crippen LogP contribution in [0.15, 0.2) is 65.2 Å². The molecular formula is C23H28N2O2. The van der Waals surface area contributed by atoms with Gasteiger partial charge in [-0.25, -0.2) is 0 Å². The minimum absolute atomic E-state index is 0.146. The Morgan fingerprint density at radius 1 is 0.963 bits per heavy atom. The van der Waals surface area contributed by atoms with Crippen LogP contribution < -0.4 is 5.73 Å². The van der Waals surface area contributed by atoms with Gasteiger partial charge in [0.15, 0.2) is 11.6 Å². The second kappa shape index (κ2) is 10.9. The Balaban J connectivity index is 0.000000337. The summed E-state index contributed by atoms with van der Waals surface area (Å²) in [5.41, 5.74) is 10.5. The molecule has 27 heavy (non-hydrogen) atoms. The Bertz CT molecular complexity index is 814. The molecule has 0 bridgehead atoms. The van der Waals surface area contributed by atoms with Gasteiger partial charge in [-0.2, -0.15) is 0 Å². The number of aryl methyl sites for hydroxylation is 2. The smallest absolute Gasteiger partial charge is 0.163 e. The van der Waals surface area contributed by atoms with Crippen LogP contribution in [0.3, 0.4) is 0 Å². The second-order valence-corrected chi connectivity index (χ2v) is 6.24. The van der Waals surface area contributed by atoms with Gasteiger partial charge in [-0.3, -0.25) is 14.6 Å². The summed E-state index contributed by atoms with van der Waals surface area (Å²) in [5, 5.41) is 0.